The molecule has 8 nitrogen and oxygen atoms in total. The molecule has 0 bridgehead atoms. The highest BCUT2D eigenvalue weighted by atomic mass is 35.5. The summed E-state index contributed by atoms with van der Waals surface area (Å²) in [6.45, 7) is 0. The first kappa shape index (κ1) is 19.2. The highest BCUT2D eigenvalue weighted by molar-refractivity contribution is 7.99. The van der Waals surface area contributed by atoms with Gasteiger partial charge in [0.15, 0.2) is 17.2 Å². The van der Waals surface area contributed by atoms with Crippen molar-refractivity contribution in [2.24, 2.45) is 0 Å². The molecule has 4 aromatic rings. The van der Waals surface area contributed by atoms with Crippen molar-refractivity contribution >= 4 is 35.1 Å². The van der Waals surface area contributed by atoms with Crippen LogP contribution in [-0.4, -0.2) is 31.8 Å². The molecule has 0 aliphatic carbocycles. The molecule has 0 unspecified atom stereocenters. The van der Waals surface area contributed by atoms with Gasteiger partial charge in [0.25, 0.3) is 0 Å². The van der Waals surface area contributed by atoms with Gasteiger partial charge in [-0.25, -0.2) is 9.97 Å². The number of halogens is 1. The summed E-state index contributed by atoms with van der Waals surface area (Å²) in [6.07, 6.45) is 4.85. The molecule has 0 atom stereocenters. The number of carbonyl (C=O) groups excluding carboxylic acids is 1. The second-order valence-corrected chi connectivity index (χ2v) is 7.25. The largest absolute Gasteiger partial charge is 0.463 e. The van der Waals surface area contributed by atoms with Gasteiger partial charge < -0.3 is 14.2 Å². The Morgan fingerprint density at radius 1 is 1.03 bits per heavy atom. The summed E-state index contributed by atoms with van der Waals surface area (Å²) in [5.41, 5.74) is 1.01. The summed E-state index contributed by atoms with van der Waals surface area (Å²) in [5.74, 6) is 1.85. The van der Waals surface area contributed by atoms with Crippen LogP contribution in [0, 0.1) is 0 Å². The normalized spacial score (nSPS) is 10.8. The number of nitrogens with zero attached hydrogens (tertiary/aromatic N) is 4. The Morgan fingerprint density at radius 3 is 2.45 bits per heavy atom. The lowest BCUT2D eigenvalue weighted by atomic mass is 10.2. The van der Waals surface area contributed by atoms with Crippen LogP contribution in [-0.2, 0) is 4.79 Å². The van der Waals surface area contributed by atoms with Gasteiger partial charge in [-0.15, -0.1) is 10.2 Å². The summed E-state index contributed by atoms with van der Waals surface area (Å²) in [4.78, 5) is 20.6. The maximum atomic E-state index is 12.1. The van der Waals surface area contributed by atoms with Crippen LogP contribution in [0.2, 0.25) is 5.02 Å². The molecule has 0 fully saturated rings. The lowest BCUT2D eigenvalue weighted by Crippen LogP contribution is -2.13. The van der Waals surface area contributed by atoms with Gasteiger partial charge in [0, 0.05) is 18.4 Å². The monoisotopic (exact) mass is 427 g/mol. The molecule has 0 aliphatic heterocycles. The molecule has 4 aromatic heterocycles. The summed E-state index contributed by atoms with van der Waals surface area (Å²) < 4.78 is 10.9. The number of rotatable bonds is 7. The SMILES string of the molecule is O=C(CCSc1nnc(-c2ccco2)c(-c2ccco2)n1)Nc1ccc(Cl)cn1. The molecule has 4 rings (SSSR count). The van der Waals surface area contributed by atoms with Gasteiger partial charge in [-0.2, -0.15) is 0 Å². The number of nitrogens with one attached hydrogen (secondary N) is 1. The Labute approximate surface area is 174 Å². The second-order valence-electron chi connectivity index (χ2n) is 5.75. The third kappa shape index (κ3) is 4.82. The van der Waals surface area contributed by atoms with Crippen molar-refractivity contribution in [3.8, 4) is 22.9 Å². The van der Waals surface area contributed by atoms with Crippen LogP contribution in [0.15, 0.2) is 69.1 Å². The molecule has 146 valence electrons. The lowest BCUT2D eigenvalue weighted by molar-refractivity contribution is -0.115. The molecule has 10 heteroatoms. The maximum absolute atomic E-state index is 12.1. The van der Waals surface area contributed by atoms with E-state index in [0.717, 1.165) is 0 Å². The number of amides is 1. The quantitative estimate of drug-likeness (QED) is 0.427. The number of anilines is 1. The zero-order chi connectivity index (χ0) is 20.1. The van der Waals surface area contributed by atoms with E-state index in [1.807, 2.05) is 0 Å². The zero-order valence-electron chi connectivity index (χ0n) is 14.9. The standard InChI is InChI=1S/C19H14ClN5O3S/c20-12-5-6-15(21-11-12)22-16(26)7-10-29-19-23-17(13-3-1-8-27-13)18(24-25-19)14-4-2-9-28-14/h1-6,8-9,11H,7,10H2,(H,21,22,26). The summed E-state index contributed by atoms with van der Waals surface area (Å²) >= 11 is 7.10. The highest BCUT2D eigenvalue weighted by Crippen LogP contribution is 2.30. The second kappa shape index (κ2) is 8.89. The van der Waals surface area contributed by atoms with Crippen molar-refractivity contribution < 1.29 is 13.6 Å². The van der Waals surface area contributed by atoms with Gasteiger partial charge in [0.1, 0.15) is 11.5 Å². The topological polar surface area (TPSA) is 107 Å². The molecule has 4 heterocycles. The van der Waals surface area contributed by atoms with Gasteiger partial charge in [0.05, 0.1) is 17.5 Å². The molecule has 0 radical (unpaired) electrons. The minimum atomic E-state index is -0.168. The van der Waals surface area contributed by atoms with E-state index in [0.29, 0.717) is 44.7 Å². The summed E-state index contributed by atoms with van der Waals surface area (Å²) in [6, 6.07) is 10.4. The minimum absolute atomic E-state index is 0.168. The van der Waals surface area contributed by atoms with E-state index < -0.39 is 0 Å². The van der Waals surface area contributed by atoms with Crippen LogP contribution < -0.4 is 5.32 Å². The third-order valence-electron chi connectivity index (χ3n) is 3.73. The molecular formula is C19H14ClN5O3S. The average molecular weight is 428 g/mol. The molecule has 0 aromatic carbocycles. The van der Waals surface area contributed by atoms with Gasteiger partial charge in [-0.1, -0.05) is 23.4 Å². The number of aromatic nitrogens is 4. The maximum Gasteiger partial charge on any atom is 0.226 e. The van der Waals surface area contributed by atoms with E-state index in [4.69, 9.17) is 20.4 Å². The molecule has 0 aliphatic rings. The average Bonchev–Trinajstić information content (AvgIpc) is 3.44. The van der Waals surface area contributed by atoms with E-state index in [9.17, 15) is 4.79 Å². The Bertz CT molecular complexity index is 1090. The predicted molar refractivity (Wildman–Crippen MR) is 108 cm³/mol. The van der Waals surface area contributed by atoms with Crippen LogP contribution in [0.4, 0.5) is 5.82 Å². The number of pyridine rings is 1. The third-order valence-corrected chi connectivity index (χ3v) is 4.79. The van der Waals surface area contributed by atoms with Crippen molar-refractivity contribution in [1.29, 1.82) is 0 Å². The van der Waals surface area contributed by atoms with Crippen molar-refractivity contribution in [2.45, 2.75) is 11.6 Å². The van der Waals surface area contributed by atoms with Gasteiger partial charge >= 0.3 is 0 Å². The van der Waals surface area contributed by atoms with Crippen LogP contribution >= 0.6 is 23.4 Å². The fraction of sp³-hybridized carbons (Fsp3) is 0.105. The van der Waals surface area contributed by atoms with Crippen LogP contribution in [0.3, 0.4) is 0 Å². The van der Waals surface area contributed by atoms with E-state index in [1.54, 1.807) is 48.9 Å². The van der Waals surface area contributed by atoms with Crippen LogP contribution in [0.25, 0.3) is 22.9 Å². The fourth-order valence-electron chi connectivity index (χ4n) is 2.43. The molecule has 0 saturated carbocycles. The number of thioether (sulfide) groups is 1. The van der Waals surface area contributed by atoms with Crippen molar-refractivity contribution in [3.63, 3.8) is 0 Å². The fourth-order valence-corrected chi connectivity index (χ4v) is 3.26. The van der Waals surface area contributed by atoms with E-state index >= 15 is 0 Å². The van der Waals surface area contributed by atoms with Crippen LogP contribution in [0.5, 0.6) is 0 Å². The van der Waals surface area contributed by atoms with Gasteiger partial charge in [-0.05, 0) is 36.4 Å². The van der Waals surface area contributed by atoms with E-state index in [2.05, 4.69) is 25.5 Å². The highest BCUT2D eigenvalue weighted by Gasteiger charge is 2.18. The van der Waals surface area contributed by atoms with Gasteiger partial charge in [-0.3, -0.25) is 4.79 Å². The molecule has 29 heavy (non-hydrogen) atoms. The first-order chi connectivity index (χ1) is 14.2. The Kier molecular flexibility index (Phi) is 5.87. The van der Waals surface area contributed by atoms with Crippen molar-refractivity contribution in [1.82, 2.24) is 20.2 Å². The number of furan rings is 2. The molecule has 0 saturated heterocycles. The molecule has 1 amide bonds. The number of carbonyl (C=O) groups is 1. The van der Waals surface area contributed by atoms with E-state index in [1.165, 1.54) is 18.0 Å². The molecule has 0 spiro atoms. The van der Waals surface area contributed by atoms with E-state index in [-0.39, 0.29) is 12.3 Å². The number of hydrogen-bond donors (Lipinski definition) is 1. The summed E-state index contributed by atoms with van der Waals surface area (Å²) in [5, 5.41) is 12.0. The van der Waals surface area contributed by atoms with Crippen molar-refractivity contribution in [2.75, 3.05) is 11.1 Å². The first-order valence-electron chi connectivity index (χ1n) is 8.56. The Balaban J connectivity index is 1.42. The zero-order valence-corrected chi connectivity index (χ0v) is 16.5. The minimum Gasteiger partial charge on any atom is -0.463 e. The van der Waals surface area contributed by atoms with Crippen LogP contribution in [0.1, 0.15) is 6.42 Å². The predicted octanol–water partition coefficient (Wildman–Crippen LogP) is 4.56. The van der Waals surface area contributed by atoms with Gasteiger partial charge in [0.2, 0.25) is 11.1 Å². The smallest absolute Gasteiger partial charge is 0.226 e. The Morgan fingerprint density at radius 2 is 1.79 bits per heavy atom. The Hall–Kier alpha value is -3.17. The summed E-state index contributed by atoms with van der Waals surface area (Å²) in [7, 11) is 0. The number of hydrogen-bond acceptors (Lipinski definition) is 8. The molecular weight excluding hydrogens is 414 g/mol. The molecule has 1 N–H and O–H groups in total. The van der Waals surface area contributed by atoms with Crippen molar-refractivity contribution in [3.05, 3.63) is 60.1 Å². The lowest BCUT2D eigenvalue weighted by Gasteiger charge is -2.06. The first-order valence-corrected chi connectivity index (χ1v) is 9.92.